The van der Waals surface area contributed by atoms with Gasteiger partial charge in [0.05, 0.1) is 17.1 Å². The lowest BCUT2D eigenvalue weighted by Gasteiger charge is -2.39. The van der Waals surface area contributed by atoms with Crippen LogP contribution in [0, 0.1) is 17.8 Å². The molecule has 4 aliphatic rings. The summed E-state index contributed by atoms with van der Waals surface area (Å²) in [5.74, 6) is 1.52. The first-order valence-corrected chi connectivity index (χ1v) is 11.2. The first-order valence-electron chi connectivity index (χ1n) is 9.49. The summed E-state index contributed by atoms with van der Waals surface area (Å²) >= 11 is 0. The van der Waals surface area contributed by atoms with Gasteiger partial charge in [-0.2, -0.15) is 0 Å². The Morgan fingerprint density at radius 2 is 1.68 bits per heavy atom. The molecule has 2 aliphatic carbocycles. The van der Waals surface area contributed by atoms with E-state index >= 15 is 0 Å². The van der Waals surface area contributed by atoms with Crippen LogP contribution in [-0.4, -0.2) is 31.1 Å². The number of hydrogen-bond donors (Lipinski definition) is 0. The lowest BCUT2D eigenvalue weighted by molar-refractivity contribution is 0.0922. The predicted octanol–water partition coefficient (Wildman–Crippen LogP) is 3.72. The van der Waals surface area contributed by atoms with E-state index in [1.807, 2.05) is 0 Å². The second kappa shape index (κ2) is 5.47. The third-order valence-corrected chi connectivity index (χ3v) is 9.48. The Morgan fingerprint density at radius 1 is 1.00 bits per heavy atom. The Balaban J connectivity index is 1.73. The zero-order valence-electron chi connectivity index (χ0n) is 13.8. The van der Waals surface area contributed by atoms with E-state index in [4.69, 9.17) is 4.74 Å². The first-order chi connectivity index (χ1) is 10.6. The topological polar surface area (TPSA) is 46.7 Å². The van der Waals surface area contributed by atoms with Gasteiger partial charge in [-0.15, -0.1) is 0 Å². The van der Waals surface area contributed by atoms with Crippen molar-refractivity contribution in [2.24, 2.45) is 17.8 Å². The molecule has 0 aromatic heterocycles. The quantitative estimate of drug-likeness (QED) is 0.727. The van der Waals surface area contributed by atoms with Crippen molar-refractivity contribution in [3.8, 4) is 0 Å². The van der Waals surface area contributed by atoms with Crippen LogP contribution in [0.4, 0.5) is 0 Å². The summed E-state index contributed by atoms with van der Waals surface area (Å²) in [5, 5.41) is -0.107. The van der Waals surface area contributed by atoms with Crippen LogP contribution in [0.5, 0.6) is 0 Å². The van der Waals surface area contributed by atoms with E-state index in [1.165, 1.54) is 38.5 Å². The Labute approximate surface area is 135 Å². The van der Waals surface area contributed by atoms with Gasteiger partial charge in [0.2, 0.25) is 0 Å². The fourth-order valence-corrected chi connectivity index (χ4v) is 8.65. The molecule has 2 saturated carbocycles. The molecule has 2 saturated heterocycles. The molecule has 0 amide bonds. The second-order valence-corrected chi connectivity index (χ2v) is 10.4. The zero-order valence-corrected chi connectivity index (χ0v) is 14.6. The van der Waals surface area contributed by atoms with Crippen LogP contribution in [-0.2, 0) is 14.6 Å². The third-order valence-electron chi connectivity index (χ3n) is 7.10. The number of hydrogen-bond acceptors (Lipinski definition) is 3. The molecule has 0 N–H and O–H groups in total. The molecule has 126 valence electrons. The van der Waals surface area contributed by atoms with Crippen LogP contribution < -0.4 is 0 Å². The predicted molar refractivity (Wildman–Crippen MR) is 87.5 cm³/mol. The number of epoxide rings is 1. The van der Waals surface area contributed by atoms with E-state index in [0.29, 0.717) is 11.7 Å². The highest BCUT2D eigenvalue weighted by atomic mass is 32.2. The molecule has 0 radical (unpaired) electrons. The minimum Gasteiger partial charge on any atom is -0.365 e. The Hall–Kier alpha value is -0.0900. The van der Waals surface area contributed by atoms with Gasteiger partial charge in [0.1, 0.15) is 5.60 Å². The average molecular weight is 327 g/mol. The lowest BCUT2D eigenvalue weighted by atomic mass is 9.66. The summed E-state index contributed by atoms with van der Waals surface area (Å²) < 4.78 is 32.4. The van der Waals surface area contributed by atoms with Gasteiger partial charge in [-0.3, -0.25) is 0 Å². The molecule has 0 aromatic rings. The van der Waals surface area contributed by atoms with E-state index in [2.05, 4.69) is 6.92 Å². The van der Waals surface area contributed by atoms with Crippen molar-refractivity contribution in [3.05, 3.63) is 0 Å². The van der Waals surface area contributed by atoms with Gasteiger partial charge in [0.25, 0.3) is 0 Å². The summed E-state index contributed by atoms with van der Waals surface area (Å²) in [4.78, 5) is 0. The number of sulfone groups is 1. The molecule has 5 unspecified atom stereocenters. The summed E-state index contributed by atoms with van der Waals surface area (Å²) in [6, 6.07) is 0. The minimum absolute atomic E-state index is 0.0598. The van der Waals surface area contributed by atoms with Gasteiger partial charge in [0.15, 0.2) is 9.84 Å². The van der Waals surface area contributed by atoms with Gasteiger partial charge >= 0.3 is 0 Å². The summed E-state index contributed by atoms with van der Waals surface area (Å²) in [5.41, 5.74) is -0.0598. The Morgan fingerprint density at radius 3 is 2.41 bits per heavy atom. The van der Waals surface area contributed by atoms with Gasteiger partial charge in [-0.25, -0.2) is 8.42 Å². The number of ether oxygens (including phenoxy) is 1. The van der Waals surface area contributed by atoms with Crippen LogP contribution in [0.1, 0.15) is 71.1 Å². The largest absolute Gasteiger partial charge is 0.365 e. The van der Waals surface area contributed by atoms with Crippen molar-refractivity contribution in [2.45, 2.75) is 88.1 Å². The molecule has 2 aliphatic heterocycles. The third kappa shape index (κ3) is 2.20. The molecule has 2 heterocycles. The average Bonchev–Trinajstić information content (AvgIpc) is 3.30. The highest BCUT2D eigenvalue weighted by molar-refractivity contribution is 7.92. The maximum absolute atomic E-state index is 12.9. The number of fused-ring (bicyclic) bond motifs is 3. The standard InChI is InChI=1S/C18H30O3S/c1-2-13-12-22(19,20)16-11-7-6-10-15(16)18(17(13)21-18)14-8-4-3-5-9-14/h13-17H,2-12H2,1H3. The van der Waals surface area contributed by atoms with E-state index < -0.39 is 9.84 Å². The summed E-state index contributed by atoms with van der Waals surface area (Å²) in [6.07, 6.45) is 11.9. The maximum atomic E-state index is 12.9. The molecule has 4 heteroatoms. The van der Waals surface area contributed by atoms with Gasteiger partial charge in [-0.1, -0.05) is 39.0 Å². The number of rotatable bonds is 2. The van der Waals surface area contributed by atoms with Crippen LogP contribution in [0.15, 0.2) is 0 Å². The molecular weight excluding hydrogens is 296 g/mol. The van der Waals surface area contributed by atoms with Gasteiger partial charge < -0.3 is 4.74 Å². The van der Waals surface area contributed by atoms with Crippen molar-refractivity contribution >= 4 is 9.84 Å². The van der Waals surface area contributed by atoms with Crippen LogP contribution in [0.3, 0.4) is 0 Å². The van der Waals surface area contributed by atoms with Crippen molar-refractivity contribution in [1.29, 1.82) is 0 Å². The molecule has 3 nitrogen and oxygen atoms in total. The SMILES string of the molecule is CCC1CS(=O)(=O)C2CCCCC2C2(C3CCCCC3)OC12. The van der Waals surface area contributed by atoms with Crippen molar-refractivity contribution in [2.75, 3.05) is 5.75 Å². The molecule has 0 spiro atoms. The van der Waals surface area contributed by atoms with Crippen molar-refractivity contribution in [1.82, 2.24) is 0 Å². The fourth-order valence-electron chi connectivity index (χ4n) is 6.02. The summed E-state index contributed by atoms with van der Waals surface area (Å²) in [6.45, 7) is 2.14. The lowest BCUT2D eigenvalue weighted by Crippen LogP contribution is -2.45. The Bertz CT molecular complexity index is 522. The molecule has 22 heavy (non-hydrogen) atoms. The van der Waals surface area contributed by atoms with Crippen LogP contribution >= 0.6 is 0 Å². The van der Waals surface area contributed by atoms with Crippen LogP contribution in [0.25, 0.3) is 0 Å². The minimum atomic E-state index is -2.94. The molecular formula is C18H30O3S. The Kier molecular flexibility index (Phi) is 3.84. The highest BCUT2D eigenvalue weighted by Gasteiger charge is 2.71. The van der Waals surface area contributed by atoms with Crippen molar-refractivity contribution < 1.29 is 13.2 Å². The molecule has 0 aromatic carbocycles. The van der Waals surface area contributed by atoms with Gasteiger partial charge in [-0.05, 0) is 38.0 Å². The summed E-state index contributed by atoms with van der Waals surface area (Å²) in [7, 11) is -2.94. The smallest absolute Gasteiger partial charge is 0.153 e. The zero-order chi connectivity index (χ0) is 15.4. The normalized spacial score (nSPS) is 48.0. The van der Waals surface area contributed by atoms with E-state index in [0.717, 1.165) is 25.7 Å². The molecule has 5 atom stereocenters. The monoisotopic (exact) mass is 326 g/mol. The van der Waals surface area contributed by atoms with E-state index in [-0.39, 0.29) is 28.8 Å². The van der Waals surface area contributed by atoms with E-state index in [9.17, 15) is 8.42 Å². The van der Waals surface area contributed by atoms with Crippen LogP contribution in [0.2, 0.25) is 0 Å². The van der Waals surface area contributed by atoms with E-state index in [1.54, 1.807) is 0 Å². The highest BCUT2D eigenvalue weighted by Crippen LogP contribution is 2.62. The molecule has 4 fully saturated rings. The van der Waals surface area contributed by atoms with Crippen molar-refractivity contribution in [3.63, 3.8) is 0 Å². The second-order valence-electron chi connectivity index (χ2n) is 8.15. The molecule has 0 bridgehead atoms. The van der Waals surface area contributed by atoms with Gasteiger partial charge in [0, 0.05) is 11.8 Å². The maximum Gasteiger partial charge on any atom is 0.153 e. The molecule has 4 rings (SSSR count). The first kappa shape index (κ1) is 15.4. The fraction of sp³-hybridized carbons (Fsp3) is 1.00.